The van der Waals surface area contributed by atoms with Crippen molar-refractivity contribution in [1.29, 1.82) is 0 Å². The Labute approximate surface area is 235 Å². The molecule has 2 amide bonds. The van der Waals surface area contributed by atoms with Gasteiger partial charge in [-0.2, -0.15) is 0 Å². The van der Waals surface area contributed by atoms with E-state index >= 15 is 0 Å². The zero-order chi connectivity index (χ0) is 28.4. The average Bonchev–Trinajstić information content (AvgIpc) is 2.95. The third-order valence-corrected chi connectivity index (χ3v) is 8.25. The zero-order valence-electron chi connectivity index (χ0n) is 22.3. The molecule has 3 aromatic rings. The summed E-state index contributed by atoms with van der Waals surface area (Å²) in [5.41, 5.74) is 1.06. The molecule has 1 atom stereocenters. The molecule has 3 rings (SSSR count). The molecular formula is C29H34ClN3O5S. The van der Waals surface area contributed by atoms with Crippen LogP contribution < -0.4 is 14.4 Å². The minimum absolute atomic E-state index is 0.00624. The monoisotopic (exact) mass is 571 g/mol. The first kappa shape index (κ1) is 30.0. The molecule has 0 heterocycles. The minimum atomic E-state index is -4.14. The van der Waals surface area contributed by atoms with Crippen molar-refractivity contribution in [1.82, 2.24) is 10.2 Å². The van der Waals surface area contributed by atoms with Gasteiger partial charge in [-0.25, -0.2) is 8.42 Å². The number of rotatable bonds is 13. The fraction of sp³-hybridized carbons (Fsp3) is 0.310. The predicted molar refractivity (Wildman–Crippen MR) is 153 cm³/mol. The fourth-order valence-electron chi connectivity index (χ4n) is 3.94. The van der Waals surface area contributed by atoms with Gasteiger partial charge in [0, 0.05) is 18.1 Å². The molecular weight excluding hydrogens is 538 g/mol. The molecule has 0 aromatic heterocycles. The molecule has 0 saturated carbocycles. The first-order valence-electron chi connectivity index (χ1n) is 12.7. The Balaban J connectivity index is 1.98. The van der Waals surface area contributed by atoms with Crippen LogP contribution in [0.3, 0.4) is 0 Å². The molecule has 0 radical (unpaired) electrons. The van der Waals surface area contributed by atoms with Crippen molar-refractivity contribution in [2.24, 2.45) is 0 Å². The Bertz CT molecular complexity index is 1350. The van der Waals surface area contributed by atoms with Crippen molar-refractivity contribution in [3.63, 3.8) is 0 Å². The topological polar surface area (TPSA) is 96.0 Å². The van der Waals surface area contributed by atoms with Gasteiger partial charge in [0.15, 0.2) is 0 Å². The number of methoxy groups -OCH3 is 1. The number of ether oxygens (including phenoxy) is 1. The van der Waals surface area contributed by atoms with E-state index in [1.807, 2.05) is 13.0 Å². The number of nitrogens with one attached hydrogen (secondary N) is 1. The van der Waals surface area contributed by atoms with Crippen LogP contribution in [-0.4, -0.2) is 51.4 Å². The van der Waals surface area contributed by atoms with Gasteiger partial charge in [-0.1, -0.05) is 55.3 Å². The Morgan fingerprint density at radius 3 is 2.33 bits per heavy atom. The number of hydrogen-bond donors (Lipinski definition) is 1. The molecule has 0 unspecified atom stereocenters. The molecule has 208 valence electrons. The van der Waals surface area contributed by atoms with Crippen molar-refractivity contribution in [2.75, 3.05) is 24.5 Å². The number of carbonyl (C=O) groups excluding carboxylic acids is 2. The van der Waals surface area contributed by atoms with Crippen LogP contribution >= 0.6 is 11.6 Å². The van der Waals surface area contributed by atoms with Crippen LogP contribution in [0.25, 0.3) is 0 Å². The molecule has 8 nitrogen and oxygen atoms in total. The van der Waals surface area contributed by atoms with Crippen LogP contribution in [-0.2, 0) is 26.2 Å². The lowest BCUT2D eigenvalue weighted by atomic mass is 10.1. The number of halogens is 1. The Morgan fingerprint density at radius 1 is 1.00 bits per heavy atom. The summed E-state index contributed by atoms with van der Waals surface area (Å²) in [6.07, 6.45) is 1.72. The van der Waals surface area contributed by atoms with E-state index < -0.39 is 28.5 Å². The van der Waals surface area contributed by atoms with Gasteiger partial charge >= 0.3 is 0 Å². The number of unbranched alkanes of at least 4 members (excludes halogenated alkanes) is 1. The molecule has 0 aliphatic rings. The van der Waals surface area contributed by atoms with Gasteiger partial charge in [-0.15, -0.1) is 0 Å². The van der Waals surface area contributed by atoms with Gasteiger partial charge in [0.2, 0.25) is 11.8 Å². The van der Waals surface area contributed by atoms with Crippen molar-refractivity contribution in [2.45, 2.75) is 44.2 Å². The second-order valence-electron chi connectivity index (χ2n) is 8.99. The number of amides is 2. The fourth-order valence-corrected chi connectivity index (χ4v) is 5.48. The summed E-state index contributed by atoms with van der Waals surface area (Å²) >= 11 is 5.98. The van der Waals surface area contributed by atoms with Crippen LogP contribution in [0.2, 0.25) is 5.02 Å². The minimum Gasteiger partial charge on any atom is -0.497 e. The summed E-state index contributed by atoms with van der Waals surface area (Å²) < 4.78 is 33.8. The zero-order valence-corrected chi connectivity index (χ0v) is 23.9. The number of carbonyl (C=O) groups is 2. The maximum atomic E-state index is 13.9. The smallest absolute Gasteiger partial charge is 0.264 e. The average molecular weight is 572 g/mol. The van der Waals surface area contributed by atoms with Crippen LogP contribution in [0.4, 0.5) is 5.69 Å². The van der Waals surface area contributed by atoms with Crippen molar-refractivity contribution in [3.05, 3.63) is 89.4 Å². The normalized spacial score (nSPS) is 11.9. The van der Waals surface area contributed by atoms with Gasteiger partial charge in [0.1, 0.15) is 18.3 Å². The number of para-hydroxylation sites is 1. The van der Waals surface area contributed by atoms with Crippen molar-refractivity contribution >= 4 is 39.1 Å². The lowest BCUT2D eigenvalue weighted by Gasteiger charge is -2.32. The molecule has 0 aliphatic carbocycles. The Kier molecular flexibility index (Phi) is 10.8. The largest absolute Gasteiger partial charge is 0.497 e. The Morgan fingerprint density at radius 2 is 1.69 bits per heavy atom. The highest BCUT2D eigenvalue weighted by Crippen LogP contribution is 2.25. The van der Waals surface area contributed by atoms with Gasteiger partial charge < -0.3 is 15.0 Å². The van der Waals surface area contributed by atoms with Gasteiger partial charge in [0.25, 0.3) is 10.0 Å². The first-order chi connectivity index (χ1) is 18.7. The van der Waals surface area contributed by atoms with Crippen LogP contribution in [0.1, 0.15) is 32.3 Å². The van der Waals surface area contributed by atoms with E-state index in [1.165, 1.54) is 29.2 Å². The van der Waals surface area contributed by atoms with Crippen molar-refractivity contribution in [3.8, 4) is 5.75 Å². The van der Waals surface area contributed by atoms with Crippen LogP contribution in [0, 0.1) is 0 Å². The molecule has 10 heteroatoms. The number of hydrogen-bond acceptors (Lipinski definition) is 5. The summed E-state index contributed by atoms with van der Waals surface area (Å²) in [5, 5.41) is 3.26. The number of sulfonamides is 1. The highest BCUT2D eigenvalue weighted by molar-refractivity contribution is 7.92. The maximum Gasteiger partial charge on any atom is 0.264 e. The third kappa shape index (κ3) is 7.97. The molecule has 0 bridgehead atoms. The molecule has 1 N–H and O–H groups in total. The van der Waals surface area contributed by atoms with Crippen LogP contribution in [0.15, 0.2) is 83.8 Å². The third-order valence-electron chi connectivity index (χ3n) is 6.21. The summed E-state index contributed by atoms with van der Waals surface area (Å²) in [5.74, 6) is -0.236. The molecule has 0 saturated heterocycles. The van der Waals surface area contributed by atoms with Gasteiger partial charge in [-0.3, -0.25) is 13.9 Å². The quantitative estimate of drug-likeness (QED) is 0.295. The summed E-state index contributed by atoms with van der Waals surface area (Å²) in [7, 11) is -2.59. The maximum absolute atomic E-state index is 13.9. The predicted octanol–water partition coefficient (Wildman–Crippen LogP) is 4.88. The highest BCUT2D eigenvalue weighted by Gasteiger charge is 2.32. The van der Waals surface area contributed by atoms with Gasteiger partial charge in [-0.05, 0) is 67.4 Å². The van der Waals surface area contributed by atoms with Crippen molar-refractivity contribution < 1.29 is 22.7 Å². The summed E-state index contributed by atoms with van der Waals surface area (Å²) in [4.78, 5) is 28.3. The second-order valence-corrected chi connectivity index (χ2v) is 11.3. The summed E-state index contributed by atoms with van der Waals surface area (Å²) in [6.45, 7) is 3.73. The van der Waals surface area contributed by atoms with E-state index in [-0.39, 0.29) is 17.3 Å². The van der Waals surface area contributed by atoms with Gasteiger partial charge in [0.05, 0.1) is 17.7 Å². The van der Waals surface area contributed by atoms with E-state index in [1.54, 1.807) is 62.6 Å². The molecule has 39 heavy (non-hydrogen) atoms. The van der Waals surface area contributed by atoms with E-state index in [0.29, 0.717) is 23.0 Å². The first-order valence-corrected chi connectivity index (χ1v) is 14.5. The lowest BCUT2D eigenvalue weighted by Crippen LogP contribution is -2.51. The van der Waals surface area contributed by atoms with Crippen LogP contribution in [0.5, 0.6) is 5.75 Å². The summed E-state index contributed by atoms with van der Waals surface area (Å²) in [6, 6.07) is 20.5. The number of nitrogens with zero attached hydrogens (tertiary/aromatic N) is 2. The number of anilines is 1. The second kappa shape index (κ2) is 14.0. The number of benzene rings is 3. The highest BCUT2D eigenvalue weighted by atomic mass is 35.5. The Hall–Kier alpha value is -3.56. The van der Waals surface area contributed by atoms with E-state index in [4.69, 9.17) is 16.3 Å². The molecule has 0 fully saturated rings. The van der Waals surface area contributed by atoms with E-state index in [2.05, 4.69) is 5.32 Å². The molecule has 0 spiro atoms. The van der Waals surface area contributed by atoms with E-state index in [0.717, 1.165) is 22.7 Å². The molecule has 3 aromatic carbocycles. The standard InChI is InChI=1S/C29H34ClN3O5S/c1-4-5-18-31-29(35)22(2)32(20-23-10-9-13-26(19-23)38-3)28(34)21-33(25-11-7-6-8-12-25)39(36,37)27-16-14-24(30)15-17-27/h6-17,19,22H,4-5,18,20-21H2,1-3H3,(H,31,35)/t22-/m0/s1. The van der Waals surface area contributed by atoms with E-state index in [9.17, 15) is 18.0 Å². The lowest BCUT2D eigenvalue weighted by molar-refractivity contribution is -0.139. The SMILES string of the molecule is CCCCNC(=O)[C@H](C)N(Cc1cccc(OC)c1)C(=O)CN(c1ccccc1)S(=O)(=O)c1ccc(Cl)cc1. The molecule has 0 aliphatic heterocycles.